The maximum atomic E-state index is 13.3. The molecule has 2 nitrogen and oxygen atoms in total. The van der Waals surface area contributed by atoms with Crippen molar-refractivity contribution in [2.75, 3.05) is 0 Å². The van der Waals surface area contributed by atoms with Crippen molar-refractivity contribution in [2.45, 2.75) is 10.6 Å². The molecule has 0 bridgehead atoms. The number of benzene rings is 1. The van der Waals surface area contributed by atoms with Gasteiger partial charge in [-0.25, -0.2) is 14.4 Å². The van der Waals surface area contributed by atoms with Crippen LogP contribution in [0.15, 0.2) is 39.8 Å². The van der Waals surface area contributed by atoms with Crippen molar-refractivity contribution in [3.05, 3.63) is 51.7 Å². The Morgan fingerprint density at radius 3 is 2.82 bits per heavy atom. The monoisotopic (exact) mass is 332 g/mol. The van der Waals surface area contributed by atoms with Crippen LogP contribution >= 0.6 is 39.3 Å². The summed E-state index contributed by atoms with van der Waals surface area (Å²) in [5.74, 6) is 0.820. The van der Waals surface area contributed by atoms with Gasteiger partial charge in [0.1, 0.15) is 16.8 Å². The fraction of sp³-hybridized carbons (Fsp3) is 0.0909. The van der Waals surface area contributed by atoms with E-state index in [0.717, 1.165) is 0 Å². The molecule has 0 aliphatic carbocycles. The molecular formula is C11H7BrClFN2S. The van der Waals surface area contributed by atoms with Crippen molar-refractivity contribution in [3.63, 3.8) is 0 Å². The van der Waals surface area contributed by atoms with E-state index in [9.17, 15) is 4.39 Å². The first-order chi connectivity index (χ1) is 8.16. The van der Waals surface area contributed by atoms with E-state index in [1.807, 2.05) is 0 Å². The second-order valence-electron chi connectivity index (χ2n) is 3.14. The van der Waals surface area contributed by atoms with Gasteiger partial charge < -0.3 is 0 Å². The highest BCUT2D eigenvalue weighted by Crippen LogP contribution is 2.25. The predicted octanol–water partition coefficient (Wildman–Crippen LogP) is 4.32. The summed E-state index contributed by atoms with van der Waals surface area (Å²) in [4.78, 5) is 8.76. The molecule has 0 unspecified atom stereocenters. The smallest absolute Gasteiger partial charge is 0.146 e. The van der Waals surface area contributed by atoms with Crippen molar-refractivity contribution in [2.24, 2.45) is 0 Å². The Hall–Kier alpha value is -0.650. The van der Waals surface area contributed by atoms with Gasteiger partial charge in [-0.15, -0.1) is 11.8 Å². The van der Waals surface area contributed by atoms with E-state index in [0.29, 0.717) is 26.1 Å². The van der Waals surface area contributed by atoms with Crippen LogP contribution in [-0.2, 0) is 5.75 Å². The molecule has 6 heteroatoms. The SMILES string of the molecule is Fc1ccccc1SCc1ncc(Br)c(Cl)n1. The molecule has 0 aliphatic heterocycles. The highest BCUT2D eigenvalue weighted by Gasteiger charge is 2.05. The van der Waals surface area contributed by atoms with Crippen molar-refractivity contribution in [3.8, 4) is 0 Å². The summed E-state index contributed by atoms with van der Waals surface area (Å²) in [5, 5.41) is 0.365. The van der Waals surface area contributed by atoms with Gasteiger partial charge in [-0.05, 0) is 28.1 Å². The minimum atomic E-state index is -0.235. The van der Waals surface area contributed by atoms with Gasteiger partial charge in [-0.1, -0.05) is 23.7 Å². The van der Waals surface area contributed by atoms with Crippen LogP contribution in [0.5, 0.6) is 0 Å². The number of thioether (sulfide) groups is 1. The van der Waals surface area contributed by atoms with Crippen LogP contribution in [0.4, 0.5) is 4.39 Å². The number of halogens is 3. The van der Waals surface area contributed by atoms with Gasteiger partial charge in [0.2, 0.25) is 0 Å². The maximum Gasteiger partial charge on any atom is 0.146 e. The molecule has 2 rings (SSSR count). The quantitative estimate of drug-likeness (QED) is 0.618. The van der Waals surface area contributed by atoms with Crippen molar-refractivity contribution in [1.29, 1.82) is 0 Å². The summed E-state index contributed by atoms with van der Waals surface area (Å²) in [7, 11) is 0. The molecule has 0 spiro atoms. The van der Waals surface area contributed by atoms with Gasteiger partial charge in [-0.2, -0.15) is 0 Å². The zero-order valence-electron chi connectivity index (χ0n) is 8.53. The van der Waals surface area contributed by atoms with Crippen molar-refractivity contribution < 1.29 is 4.39 Å². The summed E-state index contributed by atoms with van der Waals surface area (Å²) in [6.07, 6.45) is 1.59. The van der Waals surface area contributed by atoms with Crippen LogP contribution in [0.1, 0.15) is 5.82 Å². The molecule has 0 amide bonds. The lowest BCUT2D eigenvalue weighted by Crippen LogP contribution is -1.93. The molecule has 17 heavy (non-hydrogen) atoms. The van der Waals surface area contributed by atoms with Gasteiger partial charge in [0.25, 0.3) is 0 Å². The third-order valence-corrected chi connectivity index (χ3v) is 4.09. The van der Waals surface area contributed by atoms with E-state index in [-0.39, 0.29) is 5.82 Å². The highest BCUT2D eigenvalue weighted by molar-refractivity contribution is 9.10. The van der Waals surface area contributed by atoms with Crippen LogP contribution in [0.3, 0.4) is 0 Å². The van der Waals surface area contributed by atoms with Gasteiger partial charge in [-0.3, -0.25) is 0 Å². The average Bonchev–Trinajstić information content (AvgIpc) is 2.32. The van der Waals surface area contributed by atoms with Gasteiger partial charge in [0.05, 0.1) is 10.2 Å². The van der Waals surface area contributed by atoms with Crippen LogP contribution in [0.2, 0.25) is 5.15 Å². The van der Waals surface area contributed by atoms with Gasteiger partial charge >= 0.3 is 0 Å². The molecule has 1 aromatic carbocycles. The number of hydrogen-bond acceptors (Lipinski definition) is 3. The first kappa shape index (κ1) is 12.8. The summed E-state index contributed by atoms with van der Waals surface area (Å²) in [6.45, 7) is 0. The Labute approximate surface area is 116 Å². The molecule has 88 valence electrons. The highest BCUT2D eigenvalue weighted by atomic mass is 79.9. The molecule has 0 saturated carbocycles. The summed E-state index contributed by atoms with van der Waals surface area (Å²) < 4.78 is 14.0. The van der Waals surface area contributed by atoms with E-state index < -0.39 is 0 Å². The number of hydrogen-bond donors (Lipinski definition) is 0. The summed E-state index contributed by atoms with van der Waals surface area (Å²) >= 11 is 10.4. The Kier molecular flexibility index (Phi) is 4.36. The van der Waals surface area contributed by atoms with Crippen LogP contribution < -0.4 is 0 Å². The lowest BCUT2D eigenvalue weighted by Gasteiger charge is -2.03. The Bertz CT molecular complexity index is 539. The Balaban J connectivity index is 2.08. The lowest BCUT2D eigenvalue weighted by molar-refractivity contribution is 0.602. The molecule has 1 heterocycles. The van der Waals surface area contributed by atoms with E-state index in [1.165, 1.54) is 17.8 Å². The number of aromatic nitrogens is 2. The molecule has 0 aliphatic rings. The van der Waals surface area contributed by atoms with Gasteiger partial charge in [0.15, 0.2) is 0 Å². The van der Waals surface area contributed by atoms with E-state index in [2.05, 4.69) is 25.9 Å². The zero-order valence-corrected chi connectivity index (χ0v) is 11.7. The van der Waals surface area contributed by atoms with Crippen LogP contribution in [-0.4, -0.2) is 9.97 Å². The second kappa shape index (κ2) is 5.80. The molecule has 0 saturated heterocycles. The van der Waals surface area contributed by atoms with Crippen LogP contribution in [0, 0.1) is 5.82 Å². The Morgan fingerprint density at radius 1 is 1.35 bits per heavy atom. The summed E-state index contributed by atoms with van der Waals surface area (Å²) in [5.41, 5.74) is 0. The minimum absolute atomic E-state index is 0.235. The molecule has 2 aromatic rings. The standard InChI is InChI=1S/C11H7BrClFN2S/c12-7-5-15-10(16-11(7)13)6-17-9-4-2-1-3-8(9)14/h1-5H,6H2. The Morgan fingerprint density at radius 2 is 2.12 bits per heavy atom. The fourth-order valence-electron chi connectivity index (χ4n) is 1.15. The molecule has 0 N–H and O–H groups in total. The van der Waals surface area contributed by atoms with Crippen molar-refractivity contribution in [1.82, 2.24) is 9.97 Å². The topological polar surface area (TPSA) is 25.8 Å². The largest absolute Gasteiger partial charge is 0.239 e. The minimum Gasteiger partial charge on any atom is -0.239 e. The molecule has 0 atom stereocenters. The van der Waals surface area contributed by atoms with Crippen molar-refractivity contribution >= 4 is 39.3 Å². The van der Waals surface area contributed by atoms with E-state index >= 15 is 0 Å². The molecular weight excluding hydrogens is 327 g/mol. The first-order valence-corrected chi connectivity index (χ1v) is 6.86. The first-order valence-electron chi connectivity index (χ1n) is 4.71. The van der Waals surface area contributed by atoms with E-state index in [4.69, 9.17) is 11.6 Å². The number of nitrogens with zero attached hydrogens (tertiary/aromatic N) is 2. The average molecular weight is 334 g/mol. The third kappa shape index (κ3) is 3.40. The molecule has 1 aromatic heterocycles. The second-order valence-corrected chi connectivity index (χ2v) is 5.37. The number of rotatable bonds is 3. The van der Waals surface area contributed by atoms with E-state index in [1.54, 1.807) is 24.4 Å². The predicted molar refractivity (Wildman–Crippen MR) is 70.7 cm³/mol. The zero-order chi connectivity index (χ0) is 12.3. The maximum absolute atomic E-state index is 13.3. The van der Waals surface area contributed by atoms with Gasteiger partial charge in [0, 0.05) is 11.1 Å². The molecule has 0 radical (unpaired) electrons. The normalized spacial score (nSPS) is 10.5. The summed E-state index contributed by atoms with van der Waals surface area (Å²) in [6, 6.07) is 6.60. The fourth-order valence-corrected chi connectivity index (χ4v) is 2.30. The van der Waals surface area contributed by atoms with Crippen LogP contribution in [0.25, 0.3) is 0 Å². The molecule has 0 fully saturated rings. The lowest BCUT2D eigenvalue weighted by atomic mass is 10.3. The third-order valence-electron chi connectivity index (χ3n) is 1.94.